The Morgan fingerprint density at radius 1 is 1.00 bits per heavy atom. The van der Waals surface area contributed by atoms with Crippen LogP contribution in [0.1, 0.15) is 47.2 Å². The highest BCUT2D eigenvalue weighted by Crippen LogP contribution is 2.21. The van der Waals surface area contributed by atoms with Gasteiger partial charge in [0.25, 0.3) is 5.91 Å². The van der Waals surface area contributed by atoms with Gasteiger partial charge in [0.15, 0.2) is 0 Å². The maximum atomic E-state index is 12.6. The molecule has 0 spiro atoms. The van der Waals surface area contributed by atoms with Crippen LogP contribution in [0.4, 0.5) is 5.69 Å². The molecule has 3 rings (SSSR count). The summed E-state index contributed by atoms with van der Waals surface area (Å²) in [6.07, 6.45) is 3.83. The number of carbonyl (C=O) groups is 1. The lowest BCUT2D eigenvalue weighted by Gasteiger charge is -2.13. The number of nitrogens with one attached hydrogen (secondary N) is 2. The highest BCUT2D eigenvalue weighted by atomic mass is 32.2. The number of sulfonamides is 1. The van der Waals surface area contributed by atoms with Crippen molar-refractivity contribution < 1.29 is 13.2 Å². The van der Waals surface area contributed by atoms with Crippen LogP contribution in [0.2, 0.25) is 0 Å². The molecule has 0 radical (unpaired) electrons. The summed E-state index contributed by atoms with van der Waals surface area (Å²) in [5, 5.41) is 2.82. The third-order valence-corrected chi connectivity index (χ3v) is 6.37. The quantitative estimate of drug-likeness (QED) is 0.839. The van der Waals surface area contributed by atoms with Crippen LogP contribution in [-0.4, -0.2) is 20.4 Å². The molecule has 5 nitrogen and oxygen atoms in total. The lowest BCUT2D eigenvalue weighted by molar-refractivity contribution is 0.102. The van der Waals surface area contributed by atoms with Crippen LogP contribution in [0.15, 0.2) is 47.4 Å². The minimum Gasteiger partial charge on any atom is -0.322 e. The van der Waals surface area contributed by atoms with Gasteiger partial charge in [-0.25, -0.2) is 13.1 Å². The summed E-state index contributed by atoms with van der Waals surface area (Å²) in [5.74, 6) is -0.328. The van der Waals surface area contributed by atoms with Crippen molar-refractivity contribution in [1.82, 2.24) is 4.72 Å². The van der Waals surface area contributed by atoms with Crippen LogP contribution in [0.5, 0.6) is 0 Å². The van der Waals surface area contributed by atoms with E-state index in [2.05, 4.69) is 10.0 Å². The van der Waals surface area contributed by atoms with Crippen molar-refractivity contribution in [2.45, 2.75) is 50.5 Å². The molecule has 2 aromatic rings. The predicted molar refractivity (Wildman–Crippen MR) is 103 cm³/mol. The molecule has 1 aliphatic carbocycles. The maximum absolute atomic E-state index is 12.6. The molecule has 0 unspecified atom stereocenters. The summed E-state index contributed by atoms with van der Waals surface area (Å²) in [5.41, 5.74) is 3.24. The first-order valence-corrected chi connectivity index (χ1v) is 10.3. The van der Waals surface area contributed by atoms with Crippen molar-refractivity contribution >= 4 is 21.6 Å². The first-order chi connectivity index (χ1) is 12.3. The molecular formula is C20H24N2O3S. The molecule has 1 fully saturated rings. The van der Waals surface area contributed by atoms with E-state index in [1.165, 1.54) is 12.1 Å². The Morgan fingerprint density at radius 2 is 1.73 bits per heavy atom. The maximum Gasteiger partial charge on any atom is 0.255 e. The molecule has 26 heavy (non-hydrogen) atoms. The van der Waals surface area contributed by atoms with Crippen LogP contribution >= 0.6 is 0 Å². The van der Waals surface area contributed by atoms with Crippen LogP contribution < -0.4 is 10.0 Å². The highest BCUT2D eigenvalue weighted by molar-refractivity contribution is 7.89. The lowest BCUT2D eigenvalue weighted by atomic mass is 10.1. The molecule has 6 heteroatoms. The Hall–Kier alpha value is -2.18. The number of anilines is 1. The Balaban J connectivity index is 1.77. The normalized spacial score (nSPS) is 15.2. The molecule has 0 aliphatic heterocycles. The smallest absolute Gasteiger partial charge is 0.255 e. The van der Waals surface area contributed by atoms with Gasteiger partial charge >= 0.3 is 0 Å². The van der Waals surface area contributed by atoms with E-state index in [1.807, 2.05) is 32.0 Å². The minimum absolute atomic E-state index is 0.00647. The van der Waals surface area contributed by atoms with Crippen molar-refractivity contribution in [3.05, 3.63) is 59.2 Å². The number of hydrogen-bond donors (Lipinski definition) is 2. The van der Waals surface area contributed by atoms with Gasteiger partial charge in [0.1, 0.15) is 0 Å². The summed E-state index contributed by atoms with van der Waals surface area (Å²) in [6.45, 7) is 3.99. The summed E-state index contributed by atoms with van der Waals surface area (Å²) >= 11 is 0. The number of hydrogen-bond acceptors (Lipinski definition) is 3. The van der Waals surface area contributed by atoms with Crippen molar-refractivity contribution in [3.8, 4) is 0 Å². The Labute approximate surface area is 154 Å². The predicted octanol–water partition coefficient (Wildman–Crippen LogP) is 3.78. The molecule has 0 heterocycles. The third kappa shape index (κ3) is 4.31. The molecule has 0 bridgehead atoms. The van der Waals surface area contributed by atoms with Crippen molar-refractivity contribution in [1.29, 1.82) is 0 Å². The molecule has 2 N–H and O–H groups in total. The topological polar surface area (TPSA) is 75.3 Å². The van der Waals surface area contributed by atoms with Gasteiger partial charge in [-0.2, -0.15) is 0 Å². The number of aryl methyl sites for hydroxylation is 2. The van der Waals surface area contributed by atoms with Crippen LogP contribution in [0.25, 0.3) is 0 Å². The largest absolute Gasteiger partial charge is 0.322 e. The molecule has 1 saturated carbocycles. The Kier molecular flexibility index (Phi) is 5.44. The second-order valence-corrected chi connectivity index (χ2v) is 8.60. The SMILES string of the molecule is Cc1ccc(NC(=O)c2cccc(S(=O)(=O)NC3CCCC3)c2)cc1C. The third-order valence-electron chi connectivity index (χ3n) is 4.85. The van der Waals surface area contributed by atoms with Crippen molar-refractivity contribution in [3.63, 3.8) is 0 Å². The fourth-order valence-corrected chi connectivity index (χ4v) is 4.51. The first kappa shape index (κ1) is 18.6. The second kappa shape index (κ2) is 7.60. The van der Waals surface area contributed by atoms with Gasteiger partial charge in [0.2, 0.25) is 10.0 Å². The lowest BCUT2D eigenvalue weighted by Crippen LogP contribution is -2.32. The van der Waals surface area contributed by atoms with E-state index in [1.54, 1.807) is 12.1 Å². The molecule has 0 aromatic heterocycles. The van der Waals surface area contributed by atoms with E-state index >= 15 is 0 Å². The molecule has 2 aromatic carbocycles. The standard InChI is InChI=1S/C20H24N2O3S/c1-14-10-11-18(12-15(14)2)21-20(23)16-6-5-9-19(13-16)26(24,25)22-17-7-3-4-8-17/h5-6,9-13,17,22H,3-4,7-8H2,1-2H3,(H,21,23). The van der Waals surface area contributed by atoms with E-state index in [9.17, 15) is 13.2 Å². The Bertz CT molecular complexity index is 916. The van der Waals surface area contributed by atoms with E-state index in [-0.39, 0.29) is 16.8 Å². The second-order valence-electron chi connectivity index (χ2n) is 6.88. The van der Waals surface area contributed by atoms with E-state index in [4.69, 9.17) is 0 Å². The van der Waals surface area contributed by atoms with E-state index in [0.29, 0.717) is 11.3 Å². The molecule has 1 amide bonds. The van der Waals surface area contributed by atoms with Crippen LogP contribution in [0, 0.1) is 13.8 Å². The summed E-state index contributed by atoms with van der Waals surface area (Å²) in [4.78, 5) is 12.6. The van der Waals surface area contributed by atoms with Gasteiger partial charge in [0.05, 0.1) is 4.90 Å². The van der Waals surface area contributed by atoms with Gasteiger partial charge in [-0.15, -0.1) is 0 Å². The van der Waals surface area contributed by atoms with Crippen LogP contribution in [0.3, 0.4) is 0 Å². The fourth-order valence-electron chi connectivity index (χ4n) is 3.16. The molecule has 1 aliphatic rings. The molecule has 0 atom stereocenters. The van der Waals surface area contributed by atoms with Gasteiger partial charge < -0.3 is 5.32 Å². The number of amides is 1. The first-order valence-electron chi connectivity index (χ1n) is 8.86. The average molecular weight is 372 g/mol. The monoisotopic (exact) mass is 372 g/mol. The van der Waals surface area contributed by atoms with Gasteiger partial charge in [-0.05, 0) is 68.1 Å². The zero-order valence-corrected chi connectivity index (χ0v) is 15.9. The Morgan fingerprint density at radius 3 is 2.42 bits per heavy atom. The van der Waals surface area contributed by atoms with Gasteiger partial charge in [-0.1, -0.05) is 25.0 Å². The zero-order chi connectivity index (χ0) is 18.7. The number of rotatable bonds is 5. The van der Waals surface area contributed by atoms with Crippen molar-refractivity contribution in [2.24, 2.45) is 0 Å². The fraction of sp³-hybridized carbons (Fsp3) is 0.350. The highest BCUT2D eigenvalue weighted by Gasteiger charge is 2.23. The average Bonchev–Trinajstić information content (AvgIpc) is 3.10. The molecule has 138 valence electrons. The van der Waals surface area contributed by atoms with Crippen molar-refractivity contribution in [2.75, 3.05) is 5.32 Å². The van der Waals surface area contributed by atoms with E-state index in [0.717, 1.165) is 36.8 Å². The van der Waals surface area contributed by atoms with Gasteiger partial charge in [-0.3, -0.25) is 4.79 Å². The number of benzene rings is 2. The molecular weight excluding hydrogens is 348 g/mol. The summed E-state index contributed by atoms with van der Waals surface area (Å²) < 4.78 is 27.9. The zero-order valence-electron chi connectivity index (χ0n) is 15.1. The minimum atomic E-state index is -3.61. The van der Waals surface area contributed by atoms with Gasteiger partial charge in [0, 0.05) is 17.3 Å². The number of carbonyl (C=O) groups excluding carboxylic acids is 1. The van der Waals surface area contributed by atoms with E-state index < -0.39 is 10.0 Å². The summed E-state index contributed by atoms with van der Waals surface area (Å²) in [6, 6.07) is 11.8. The van der Waals surface area contributed by atoms with Crippen LogP contribution in [-0.2, 0) is 10.0 Å². The molecule has 0 saturated heterocycles. The summed E-state index contributed by atoms with van der Waals surface area (Å²) in [7, 11) is -3.61.